The third-order valence-electron chi connectivity index (χ3n) is 21.1. The summed E-state index contributed by atoms with van der Waals surface area (Å²) in [5, 5.41) is 0. The zero-order valence-electron chi connectivity index (χ0n) is 77.4. The molecular weight excluding hydrogens is 2540 g/mol. The Balaban J connectivity index is 0.000000194. The van der Waals surface area contributed by atoms with Gasteiger partial charge >= 0.3 is 0 Å². The van der Waals surface area contributed by atoms with Crippen LogP contribution in [-0.2, 0) is 119 Å². The van der Waals surface area contributed by atoms with Gasteiger partial charge in [-0.15, -0.1) is 249 Å². The molecule has 0 saturated carbocycles. The molecule has 7 aromatic heterocycles. The maximum absolute atomic E-state index is 4.57. The molecule has 12 aromatic carbocycles. The van der Waals surface area contributed by atoms with Gasteiger partial charge in [-0.2, -0.15) is 0 Å². The Bertz CT molecular complexity index is 6300. The van der Waals surface area contributed by atoms with E-state index in [9.17, 15) is 0 Å². The van der Waals surface area contributed by atoms with Gasteiger partial charge in [0.2, 0.25) is 0 Å². The van der Waals surface area contributed by atoms with Crippen LogP contribution in [0.1, 0.15) is 96.0 Å². The summed E-state index contributed by atoms with van der Waals surface area (Å²) in [6.07, 6.45) is 15.3. The van der Waals surface area contributed by atoms with E-state index >= 15 is 0 Å². The summed E-state index contributed by atoms with van der Waals surface area (Å²) in [6.45, 7) is 22.0. The minimum Gasteiger partial charge on any atom is -0.305 e. The van der Waals surface area contributed by atoms with Crippen LogP contribution in [0.15, 0.2) is 432 Å². The van der Waals surface area contributed by atoms with Crippen LogP contribution in [0.5, 0.6) is 0 Å². The molecule has 0 unspecified atom stereocenters. The standard InChI is InChI=1S/3C21H20N.C20H18N.C18H14N.2C11H8N.5Ir/c1-21(2,3)19-12-13-22-20(15-19)18-11-7-10-17(14-18)16-8-5-4-6-9-16;2*1-16(2)13-17-11-12-22-21(14-17)20-10-6-9-19(15-20)18-7-4-3-5-8-18;1-15(2)19-11-12-20(21-14-19)18-10-6-9-17(13-18)16-7-4-3-5-8-16;1-14-10-11-18(19-13-14)17-9-5-8-16(12-17)15-6-3-2-4-7-15;2*1-2-6-10(7-3-1)11-8-4-5-9-12-11;;;;;/h4-10,12-15H,1-3H3;2*3-9,11-12,14-16H,13H2,1-2H3;3-9,11-15H,1-2H3;2-8,10-13H,1H3;2*1-6,8-9H;;;;;/q7*-1;;;;;. The van der Waals surface area contributed by atoms with Crippen LogP contribution >= 0.6 is 0 Å². The Morgan fingerprint density at radius 1 is 0.230 bits per heavy atom. The average molecular weight is 2650 g/mol. The molecule has 0 N–H and O–H groups in total. The SMILES string of the molecule is CC(C)(C)c1ccnc(-c2[c-]ccc(-c3ccccc3)c2)c1.CC(C)Cc1ccnc(-c2[c-]ccc(-c3ccccc3)c2)c1.CC(C)Cc1ccnc(-c2[c-]ccc(-c3ccccc3)c2)c1.CC(C)c1ccc(-c2[c-]ccc(-c3ccccc3)c2)nc1.Cc1ccc(-c2[c-]ccc(-c3ccccc3)c2)nc1.[Ir].[Ir].[Ir].[Ir].[Ir].[c-]1ccccc1-c1ccccn1.[c-]1ccccc1-c1ccccn1. The van der Waals surface area contributed by atoms with Crippen molar-refractivity contribution in [2.45, 2.75) is 93.4 Å². The van der Waals surface area contributed by atoms with Crippen molar-refractivity contribution in [2.24, 2.45) is 11.8 Å². The van der Waals surface area contributed by atoms with E-state index in [1.165, 1.54) is 83.5 Å². The van der Waals surface area contributed by atoms with E-state index in [1.807, 2.05) is 190 Å². The zero-order valence-corrected chi connectivity index (χ0v) is 89.4. The summed E-state index contributed by atoms with van der Waals surface area (Å²) in [5.74, 6) is 1.80. The van der Waals surface area contributed by atoms with Gasteiger partial charge in [-0.25, -0.2) is 0 Å². The van der Waals surface area contributed by atoms with E-state index in [-0.39, 0.29) is 106 Å². The summed E-state index contributed by atoms with van der Waals surface area (Å²) >= 11 is 0. The van der Waals surface area contributed by atoms with Gasteiger partial charge in [0.15, 0.2) is 0 Å². The summed E-state index contributed by atoms with van der Waals surface area (Å²) < 4.78 is 0. The molecule has 0 spiro atoms. The second kappa shape index (κ2) is 57.0. The van der Waals surface area contributed by atoms with Crippen LogP contribution in [0.3, 0.4) is 0 Å². The Hall–Kier alpha value is -12.1. The van der Waals surface area contributed by atoms with Gasteiger partial charge in [-0.1, -0.05) is 292 Å². The predicted molar refractivity (Wildman–Crippen MR) is 541 cm³/mol. The van der Waals surface area contributed by atoms with Gasteiger partial charge < -0.3 is 34.9 Å². The Morgan fingerprint density at radius 3 is 0.800 bits per heavy atom. The minimum atomic E-state index is 0. The largest absolute Gasteiger partial charge is 0.305 e. The van der Waals surface area contributed by atoms with Crippen LogP contribution in [0, 0.1) is 61.2 Å². The van der Waals surface area contributed by atoms with Crippen molar-refractivity contribution >= 4 is 0 Å². The maximum Gasteiger partial charge on any atom is 0.0195 e. The number of hydrogen-bond acceptors (Lipinski definition) is 7. The molecule has 0 fully saturated rings. The molecule has 12 heteroatoms. The Morgan fingerprint density at radius 2 is 0.519 bits per heavy atom. The predicted octanol–water partition coefficient (Wildman–Crippen LogP) is 31.3. The molecule has 19 rings (SSSR count). The van der Waals surface area contributed by atoms with Gasteiger partial charge in [-0.05, 0) is 158 Å². The van der Waals surface area contributed by atoms with E-state index in [2.05, 4.69) is 376 Å². The molecule has 0 amide bonds. The number of rotatable bonds is 17. The normalized spacial score (nSPS) is 10.3. The topological polar surface area (TPSA) is 90.2 Å². The number of nitrogens with zero attached hydrogens (tertiary/aromatic N) is 7. The zero-order chi connectivity index (χ0) is 90.5. The Labute approximate surface area is 868 Å². The van der Waals surface area contributed by atoms with Gasteiger partial charge in [-0.3, -0.25) is 0 Å². The molecule has 0 bridgehead atoms. The number of benzene rings is 12. The molecular formula is C123H108Ir5N7-7. The van der Waals surface area contributed by atoms with Crippen LogP contribution < -0.4 is 0 Å². The maximum atomic E-state index is 4.57. The molecule has 5 radical (unpaired) electrons. The van der Waals surface area contributed by atoms with Crippen LogP contribution in [0.25, 0.3) is 134 Å². The molecule has 0 aliphatic heterocycles. The molecule has 0 saturated heterocycles. The smallest absolute Gasteiger partial charge is 0.0195 e. The van der Waals surface area contributed by atoms with E-state index in [1.54, 1.807) is 12.4 Å². The van der Waals surface area contributed by atoms with Crippen LogP contribution in [0.2, 0.25) is 0 Å². The fourth-order valence-corrected chi connectivity index (χ4v) is 14.3. The third kappa shape index (κ3) is 34.4. The van der Waals surface area contributed by atoms with Crippen molar-refractivity contribution in [2.75, 3.05) is 0 Å². The van der Waals surface area contributed by atoms with E-state index in [4.69, 9.17) is 0 Å². The van der Waals surface area contributed by atoms with Crippen LogP contribution in [0.4, 0.5) is 0 Å². The van der Waals surface area contributed by atoms with Crippen molar-refractivity contribution in [1.82, 2.24) is 34.9 Å². The van der Waals surface area contributed by atoms with Gasteiger partial charge in [0, 0.05) is 144 Å². The molecule has 687 valence electrons. The Kier molecular flexibility index (Phi) is 45.7. The van der Waals surface area contributed by atoms with Gasteiger partial charge in [0.25, 0.3) is 0 Å². The average Bonchev–Trinajstić information content (AvgIpc) is 0.813. The van der Waals surface area contributed by atoms with Crippen LogP contribution in [-0.4, -0.2) is 34.9 Å². The third-order valence-corrected chi connectivity index (χ3v) is 21.1. The van der Waals surface area contributed by atoms with Crippen molar-refractivity contribution in [1.29, 1.82) is 0 Å². The molecule has 0 aliphatic rings. The molecule has 19 aromatic rings. The first-order chi connectivity index (χ1) is 63.5. The second-order valence-electron chi connectivity index (χ2n) is 33.6. The monoisotopic (exact) mass is 2650 g/mol. The van der Waals surface area contributed by atoms with E-state index in [0.29, 0.717) is 17.8 Å². The molecule has 7 heterocycles. The number of aromatic nitrogens is 7. The number of pyridine rings is 7. The molecule has 7 nitrogen and oxygen atoms in total. The molecule has 135 heavy (non-hydrogen) atoms. The summed E-state index contributed by atoms with van der Waals surface area (Å²) in [6, 6.07) is 154. The fraction of sp³-hybridized carbons (Fsp3) is 0.130. The van der Waals surface area contributed by atoms with Gasteiger partial charge in [0.05, 0.1) is 0 Å². The van der Waals surface area contributed by atoms with Crippen molar-refractivity contribution in [3.05, 3.63) is 502 Å². The first-order valence-corrected chi connectivity index (χ1v) is 44.4. The minimum absolute atomic E-state index is 0. The van der Waals surface area contributed by atoms with Crippen molar-refractivity contribution < 1.29 is 101 Å². The molecule has 0 atom stereocenters. The number of hydrogen-bond donors (Lipinski definition) is 0. The van der Waals surface area contributed by atoms with Gasteiger partial charge in [0.1, 0.15) is 0 Å². The quantitative estimate of drug-likeness (QED) is 0.0839. The van der Waals surface area contributed by atoms with E-state index < -0.39 is 0 Å². The van der Waals surface area contributed by atoms with Crippen molar-refractivity contribution in [3.63, 3.8) is 0 Å². The first kappa shape index (κ1) is 108. The first-order valence-electron chi connectivity index (χ1n) is 44.4. The second-order valence-corrected chi connectivity index (χ2v) is 33.6. The summed E-state index contributed by atoms with van der Waals surface area (Å²) in [4.78, 5) is 31.0. The fourth-order valence-electron chi connectivity index (χ4n) is 14.3. The summed E-state index contributed by atoms with van der Waals surface area (Å²) in [7, 11) is 0. The van der Waals surface area contributed by atoms with Crippen molar-refractivity contribution in [3.8, 4) is 134 Å². The summed E-state index contributed by atoms with van der Waals surface area (Å²) in [5.41, 5.74) is 32.7. The number of aryl methyl sites for hydroxylation is 1. The van der Waals surface area contributed by atoms with E-state index in [0.717, 1.165) is 91.6 Å². The molecule has 0 aliphatic carbocycles.